The molecule has 4 nitrogen and oxygen atoms in total. The van der Waals surface area contributed by atoms with Crippen molar-refractivity contribution in [1.82, 2.24) is 14.9 Å². The van der Waals surface area contributed by atoms with E-state index >= 15 is 0 Å². The van der Waals surface area contributed by atoms with Gasteiger partial charge in [0.15, 0.2) is 0 Å². The predicted molar refractivity (Wildman–Crippen MR) is 99.9 cm³/mol. The average molecular weight is 354 g/mol. The highest BCUT2D eigenvalue weighted by Crippen LogP contribution is 2.17. The van der Waals surface area contributed by atoms with E-state index < -0.39 is 0 Å². The third-order valence-electron chi connectivity index (χ3n) is 4.21. The van der Waals surface area contributed by atoms with Crippen LogP contribution in [0.3, 0.4) is 0 Å². The normalized spacial score (nSPS) is 10.7. The number of halogens is 1. The molecule has 1 N–H and O–H groups in total. The number of pyridine rings is 1. The van der Waals surface area contributed by atoms with Crippen LogP contribution in [0.25, 0.3) is 0 Å². The third kappa shape index (κ3) is 4.09. The van der Waals surface area contributed by atoms with Crippen molar-refractivity contribution in [2.75, 3.05) is 0 Å². The van der Waals surface area contributed by atoms with Gasteiger partial charge in [0.25, 0.3) is 5.91 Å². The number of hydrogen-bond donors (Lipinski definition) is 1. The van der Waals surface area contributed by atoms with E-state index in [9.17, 15) is 4.79 Å². The predicted octanol–water partition coefficient (Wildman–Crippen LogP) is 4.13. The fourth-order valence-electron chi connectivity index (χ4n) is 2.85. The van der Waals surface area contributed by atoms with Crippen LogP contribution in [0, 0.1) is 13.8 Å². The van der Waals surface area contributed by atoms with Crippen LogP contribution in [-0.2, 0) is 13.1 Å². The highest BCUT2D eigenvalue weighted by molar-refractivity contribution is 6.30. The summed E-state index contributed by atoms with van der Waals surface area (Å²) in [6, 6.07) is 15.3. The van der Waals surface area contributed by atoms with Crippen LogP contribution in [0.5, 0.6) is 0 Å². The van der Waals surface area contributed by atoms with Gasteiger partial charge in [0, 0.05) is 29.2 Å². The van der Waals surface area contributed by atoms with Crippen molar-refractivity contribution in [2.45, 2.75) is 26.9 Å². The first-order valence-corrected chi connectivity index (χ1v) is 8.51. The second-order valence-electron chi connectivity index (χ2n) is 6.00. The number of nitrogens with one attached hydrogen (secondary N) is 1. The fourth-order valence-corrected chi connectivity index (χ4v) is 3.07. The Labute approximate surface area is 152 Å². The molecule has 0 saturated heterocycles. The molecule has 0 radical (unpaired) electrons. The standard InChI is InChI=1S/C20H20ClN3O/c1-14-10-19(15(2)24(14)13-18-8-3-4-9-22-18)20(25)23-12-16-6-5-7-17(21)11-16/h3-11H,12-13H2,1-2H3,(H,23,25). The highest BCUT2D eigenvalue weighted by Gasteiger charge is 2.16. The molecule has 0 bridgehead atoms. The zero-order valence-corrected chi connectivity index (χ0v) is 15.0. The lowest BCUT2D eigenvalue weighted by atomic mass is 10.2. The molecule has 0 aliphatic rings. The van der Waals surface area contributed by atoms with E-state index in [-0.39, 0.29) is 5.91 Å². The SMILES string of the molecule is Cc1cc(C(=O)NCc2cccc(Cl)c2)c(C)n1Cc1ccccn1. The summed E-state index contributed by atoms with van der Waals surface area (Å²) in [5, 5.41) is 3.63. The molecule has 25 heavy (non-hydrogen) atoms. The van der Waals surface area contributed by atoms with Gasteiger partial charge in [-0.3, -0.25) is 9.78 Å². The largest absolute Gasteiger partial charge is 0.348 e. The van der Waals surface area contributed by atoms with Crippen LogP contribution in [0.4, 0.5) is 0 Å². The van der Waals surface area contributed by atoms with Crippen LogP contribution < -0.4 is 5.32 Å². The Morgan fingerprint density at radius 3 is 2.72 bits per heavy atom. The molecule has 1 amide bonds. The first kappa shape index (κ1) is 17.2. The van der Waals surface area contributed by atoms with Gasteiger partial charge in [0.1, 0.15) is 0 Å². The molecular weight excluding hydrogens is 334 g/mol. The summed E-state index contributed by atoms with van der Waals surface area (Å²) in [6.07, 6.45) is 1.78. The van der Waals surface area contributed by atoms with Gasteiger partial charge in [-0.2, -0.15) is 0 Å². The lowest BCUT2D eigenvalue weighted by Crippen LogP contribution is -2.23. The number of hydrogen-bond acceptors (Lipinski definition) is 2. The number of aryl methyl sites for hydroxylation is 1. The summed E-state index contributed by atoms with van der Waals surface area (Å²) < 4.78 is 2.11. The minimum atomic E-state index is -0.0830. The molecule has 5 heteroatoms. The summed E-state index contributed by atoms with van der Waals surface area (Å²) in [5.41, 5.74) is 4.61. The molecule has 0 atom stereocenters. The van der Waals surface area contributed by atoms with E-state index in [1.54, 1.807) is 6.20 Å². The number of rotatable bonds is 5. The molecule has 2 heterocycles. The smallest absolute Gasteiger partial charge is 0.253 e. The van der Waals surface area contributed by atoms with E-state index in [1.165, 1.54) is 0 Å². The molecule has 0 aliphatic carbocycles. The van der Waals surface area contributed by atoms with Crippen molar-refractivity contribution in [3.05, 3.63) is 88.0 Å². The Hall–Kier alpha value is -2.59. The van der Waals surface area contributed by atoms with Crippen molar-refractivity contribution in [2.24, 2.45) is 0 Å². The molecule has 0 spiro atoms. The van der Waals surface area contributed by atoms with E-state index in [0.29, 0.717) is 23.7 Å². The third-order valence-corrected chi connectivity index (χ3v) is 4.44. The summed E-state index contributed by atoms with van der Waals surface area (Å²) >= 11 is 5.98. The lowest BCUT2D eigenvalue weighted by Gasteiger charge is -2.10. The van der Waals surface area contributed by atoms with Crippen LogP contribution in [0.2, 0.25) is 5.02 Å². The number of aromatic nitrogens is 2. The van der Waals surface area contributed by atoms with Crippen LogP contribution >= 0.6 is 11.6 Å². The van der Waals surface area contributed by atoms with Gasteiger partial charge < -0.3 is 9.88 Å². The van der Waals surface area contributed by atoms with Crippen LogP contribution in [-0.4, -0.2) is 15.5 Å². The first-order chi connectivity index (χ1) is 12.0. The van der Waals surface area contributed by atoms with Crippen molar-refractivity contribution in [3.8, 4) is 0 Å². The maximum absolute atomic E-state index is 12.6. The van der Waals surface area contributed by atoms with Gasteiger partial charge in [-0.15, -0.1) is 0 Å². The quantitative estimate of drug-likeness (QED) is 0.749. The first-order valence-electron chi connectivity index (χ1n) is 8.14. The van der Waals surface area contributed by atoms with E-state index in [4.69, 9.17) is 11.6 Å². The topological polar surface area (TPSA) is 46.9 Å². The molecule has 0 unspecified atom stereocenters. The molecule has 1 aromatic carbocycles. The minimum absolute atomic E-state index is 0.0830. The maximum Gasteiger partial charge on any atom is 0.253 e. The summed E-state index contributed by atoms with van der Waals surface area (Å²) in [4.78, 5) is 16.9. The summed E-state index contributed by atoms with van der Waals surface area (Å²) in [5.74, 6) is -0.0830. The maximum atomic E-state index is 12.6. The Bertz CT molecular complexity index is 887. The zero-order chi connectivity index (χ0) is 17.8. The van der Waals surface area contributed by atoms with Gasteiger partial charge in [-0.25, -0.2) is 0 Å². The number of benzene rings is 1. The molecular formula is C20H20ClN3O. The molecule has 2 aromatic heterocycles. The Balaban J connectivity index is 1.74. The van der Waals surface area contributed by atoms with Crippen molar-refractivity contribution in [1.29, 1.82) is 0 Å². The van der Waals surface area contributed by atoms with E-state index in [2.05, 4.69) is 14.9 Å². The second kappa shape index (κ2) is 7.53. The Morgan fingerprint density at radius 1 is 1.16 bits per heavy atom. The van der Waals surface area contributed by atoms with Crippen molar-refractivity contribution < 1.29 is 4.79 Å². The second-order valence-corrected chi connectivity index (χ2v) is 6.44. The summed E-state index contributed by atoms with van der Waals surface area (Å²) in [7, 11) is 0. The van der Waals surface area contributed by atoms with Crippen molar-refractivity contribution >= 4 is 17.5 Å². The summed E-state index contributed by atoms with van der Waals surface area (Å²) in [6.45, 7) is 5.07. The molecule has 128 valence electrons. The van der Waals surface area contributed by atoms with E-state index in [0.717, 1.165) is 22.6 Å². The fraction of sp³-hybridized carbons (Fsp3) is 0.200. The van der Waals surface area contributed by atoms with Gasteiger partial charge in [0.05, 0.1) is 17.8 Å². The van der Waals surface area contributed by atoms with E-state index in [1.807, 2.05) is 62.4 Å². The monoisotopic (exact) mass is 353 g/mol. The number of amides is 1. The number of carbonyl (C=O) groups is 1. The number of nitrogens with zero attached hydrogens (tertiary/aromatic N) is 2. The van der Waals surface area contributed by atoms with Crippen LogP contribution in [0.1, 0.15) is 33.0 Å². The minimum Gasteiger partial charge on any atom is -0.348 e. The molecule has 0 aliphatic heterocycles. The Morgan fingerprint density at radius 2 is 2.00 bits per heavy atom. The molecule has 3 rings (SSSR count). The molecule has 0 fully saturated rings. The lowest BCUT2D eigenvalue weighted by molar-refractivity contribution is 0.0950. The average Bonchev–Trinajstić information content (AvgIpc) is 2.89. The van der Waals surface area contributed by atoms with Crippen molar-refractivity contribution in [3.63, 3.8) is 0 Å². The molecule has 3 aromatic rings. The zero-order valence-electron chi connectivity index (χ0n) is 14.3. The van der Waals surface area contributed by atoms with Gasteiger partial charge >= 0.3 is 0 Å². The highest BCUT2D eigenvalue weighted by atomic mass is 35.5. The van der Waals surface area contributed by atoms with Gasteiger partial charge in [-0.05, 0) is 49.7 Å². The van der Waals surface area contributed by atoms with Gasteiger partial charge in [-0.1, -0.05) is 29.8 Å². The van der Waals surface area contributed by atoms with Crippen LogP contribution in [0.15, 0.2) is 54.7 Å². The Kier molecular flexibility index (Phi) is 5.19. The molecule has 0 saturated carbocycles. The van der Waals surface area contributed by atoms with Gasteiger partial charge in [0.2, 0.25) is 0 Å². The number of carbonyl (C=O) groups excluding carboxylic acids is 1.